The molecule has 0 atom stereocenters. The molecule has 0 aromatic carbocycles. The van der Waals surface area contributed by atoms with Crippen LogP contribution in [0.25, 0.3) is 0 Å². The summed E-state index contributed by atoms with van der Waals surface area (Å²) in [6.45, 7) is 4.34. The van der Waals surface area contributed by atoms with Gasteiger partial charge in [-0.2, -0.15) is 0 Å². The molecule has 1 aliphatic carbocycles. The number of hydrogen-bond donors (Lipinski definition) is 1. The standard InChI is InChI=1S/C17H30N6.HI/c1-18-16(19-10-5-6-11-22-14-20-21-15-22)23-12-9-17(13-23)7-3-2-4-8-17;/h14-15H,2-13H2,1H3,(H,18,19);1H. The minimum absolute atomic E-state index is 0. The van der Waals surface area contributed by atoms with Crippen LogP contribution >= 0.6 is 24.0 Å². The fraction of sp³-hybridized carbons (Fsp3) is 0.824. The summed E-state index contributed by atoms with van der Waals surface area (Å²) in [7, 11) is 1.91. The predicted molar refractivity (Wildman–Crippen MR) is 108 cm³/mol. The van der Waals surface area contributed by atoms with Crippen molar-refractivity contribution in [2.24, 2.45) is 10.4 Å². The molecular formula is C17H31IN6. The molecule has 1 aliphatic heterocycles. The molecule has 136 valence electrons. The summed E-state index contributed by atoms with van der Waals surface area (Å²) in [4.78, 5) is 6.98. The van der Waals surface area contributed by atoms with E-state index < -0.39 is 0 Å². The van der Waals surface area contributed by atoms with Gasteiger partial charge >= 0.3 is 0 Å². The lowest BCUT2D eigenvalue weighted by atomic mass is 9.73. The normalized spacial score (nSPS) is 20.2. The molecule has 1 aromatic heterocycles. The molecule has 0 bridgehead atoms. The Morgan fingerprint density at radius 3 is 2.58 bits per heavy atom. The molecule has 1 saturated carbocycles. The Bertz CT molecular complexity index is 495. The van der Waals surface area contributed by atoms with Crippen molar-refractivity contribution in [1.82, 2.24) is 25.0 Å². The fourth-order valence-electron chi connectivity index (χ4n) is 4.12. The van der Waals surface area contributed by atoms with Crippen molar-refractivity contribution in [1.29, 1.82) is 0 Å². The number of nitrogens with one attached hydrogen (secondary N) is 1. The van der Waals surface area contributed by atoms with Crippen LogP contribution in [-0.4, -0.2) is 52.3 Å². The van der Waals surface area contributed by atoms with Crippen molar-refractivity contribution in [3.8, 4) is 0 Å². The number of likely N-dealkylation sites (tertiary alicyclic amines) is 1. The van der Waals surface area contributed by atoms with Crippen molar-refractivity contribution < 1.29 is 0 Å². The number of unbranched alkanes of at least 4 members (excludes halogenated alkanes) is 1. The second kappa shape index (κ2) is 9.58. The van der Waals surface area contributed by atoms with Gasteiger partial charge in [-0.3, -0.25) is 4.99 Å². The summed E-state index contributed by atoms with van der Waals surface area (Å²) >= 11 is 0. The highest BCUT2D eigenvalue weighted by Gasteiger charge is 2.39. The van der Waals surface area contributed by atoms with Crippen LogP contribution in [0.3, 0.4) is 0 Å². The molecule has 0 amide bonds. The van der Waals surface area contributed by atoms with Crippen LogP contribution in [0.15, 0.2) is 17.6 Å². The van der Waals surface area contributed by atoms with Gasteiger partial charge in [-0.1, -0.05) is 19.3 Å². The number of hydrogen-bond acceptors (Lipinski definition) is 3. The number of guanidine groups is 1. The number of aliphatic imine (C=N–C) groups is 1. The smallest absolute Gasteiger partial charge is 0.193 e. The molecule has 1 saturated heterocycles. The van der Waals surface area contributed by atoms with E-state index in [0.717, 1.165) is 31.9 Å². The van der Waals surface area contributed by atoms with Crippen molar-refractivity contribution >= 4 is 29.9 Å². The number of rotatable bonds is 5. The van der Waals surface area contributed by atoms with Crippen LogP contribution in [0.1, 0.15) is 51.4 Å². The molecule has 2 heterocycles. The first-order valence-corrected chi connectivity index (χ1v) is 9.09. The third-order valence-electron chi connectivity index (χ3n) is 5.46. The van der Waals surface area contributed by atoms with Gasteiger partial charge in [-0.25, -0.2) is 0 Å². The lowest BCUT2D eigenvalue weighted by Crippen LogP contribution is -2.42. The molecular weight excluding hydrogens is 415 g/mol. The van der Waals surface area contributed by atoms with Crippen LogP contribution in [0.5, 0.6) is 0 Å². The zero-order valence-corrected chi connectivity index (χ0v) is 17.1. The van der Waals surface area contributed by atoms with E-state index in [9.17, 15) is 0 Å². The van der Waals surface area contributed by atoms with Gasteiger partial charge in [-0.05, 0) is 37.5 Å². The van der Waals surface area contributed by atoms with Crippen molar-refractivity contribution in [2.75, 3.05) is 26.7 Å². The van der Waals surface area contributed by atoms with Crippen molar-refractivity contribution in [3.63, 3.8) is 0 Å². The second-order valence-corrected chi connectivity index (χ2v) is 7.11. The second-order valence-electron chi connectivity index (χ2n) is 7.11. The Morgan fingerprint density at radius 1 is 1.12 bits per heavy atom. The predicted octanol–water partition coefficient (Wildman–Crippen LogP) is 2.91. The topological polar surface area (TPSA) is 58.3 Å². The maximum Gasteiger partial charge on any atom is 0.193 e. The largest absolute Gasteiger partial charge is 0.356 e. The van der Waals surface area contributed by atoms with Gasteiger partial charge in [0.2, 0.25) is 0 Å². The lowest BCUT2D eigenvalue weighted by Gasteiger charge is -2.33. The number of aryl methyl sites for hydroxylation is 1. The Kier molecular flexibility index (Phi) is 7.77. The molecule has 1 spiro atoms. The van der Waals surface area contributed by atoms with E-state index in [1.54, 1.807) is 12.7 Å². The Balaban J connectivity index is 0.00000208. The van der Waals surface area contributed by atoms with E-state index in [4.69, 9.17) is 0 Å². The average Bonchev–Trinajstić information content (AvgIpc) is 3.22. The zero-order chi connectivity index (χ0) is 16.0. The van der Waals surface area contributed by atoms with Gasteiger partial charge in [-0.15, -0.1) is 34.2 Å². The van der Waals surface area contributed by atoms with Crippen LogP contribution in [0.4, 0.5) is 0 Å². The molecule has 6 nitrogen and oxygen atoms in total. The summed E-state index contributed by atoms with van der Waals surface area (Å²) in [5, 5.41) is 11.2. The van der Waals surface area contributed by atoms with Crippen molar-refractivity contribution in [3.05, 3.63) is 12.7 Å². The van der Waals surface area contributed by atoms with Crippen LogP contribution in [0.2, 0.25) is 0 Å². The highest BCUT2D eigenvalue weighted by Crippen LogP contribution is 2.43. The summed E-state index contributed by atoms with van der Waals surface area (Å²) in [6.07, 6.45) is 14.3. The molecule has 2 aliphatic rings. The Hall–Kier alpha value is -0.860. The molecule has 1 aromatic rings. The van der Waals surface area contributed by atoms with E-state index in [-0.39, 0.29) is 24.0 Å². The maximum atomic E-state index is 4.50. The minimum Gasteiger partial charge on any atom is -0.356 e. The van der Waals surface area contributed by atoms with E-state index >= 15 is 0 Å². The fourth-order valence-corrected chi connectivity index (χ4v) is 4.12. The first kappa shape index (κ1) is 19.5. The van der Waals surface area contributed by atoms with Crippen molar-refractivity contribution in [2.45, 2.75) is 57.9 Å². The molecule has 7 heteroatoms. The third kappa shape index (κ3) is 5.07. The minimum atomic E-state index is 0. The van der Waals surface area contributed by atoms with Gasteiger partial charge in [0.1, 0.15) is 12.7 Å². The van der Waals surface area contributed by atoms with E-state index in [0.29, 0.717) is 5.41 Å². The van der Waals surface area contributed by atoms with Crippen LogP contribution < -0.4 is 5.32 Å². The van der Waals surface area contributed by atoms with E-state index in [1.807, 2.05) is 11.6 Å². The summed E-state index contributed by atoms with van der Waals surface area (Å²) < 4.78 is 2.03. The van der Waals surface area contributed by atoms with E-state index in [1.165, 1.54) is 51.6 Å². The Labute approximate surface area is 162 Å². The van der Waals surface area contributed by atoms with Gasteiger partial charge in [0.05, 0.1) is 0 Å². The third-order valence-corrected chi connectivity index (χ3v) is 5.46. The van der Waals surface area contributed by atoms with Gasteiger partial charge in [0.25, 0.3) is 0 Å². The van der Waals surface area contributed by atoms with Gasteiger partial charge in [0, 0.05) is 33.2 Å². The van der Waals surface area contributed by atoms with Crippen LogP contribution in [-0.2, 0) is 6.54 Å². The molecule has 0 unspecified atom stereocenters. The lowest BCUT2D eigenvalue weighted by molar-refractivity contribution is 0.203. The molecule has 2 fully saturated rings. The number of halogens is 1. The number of nitrogens with zero attached hydrogens (tertiary/aromatic N) is 5. The molecule has 24 heavy (non-hydrogen) atoms. The highest BCUT2D eigenvalue weighted by atomic mass is 127. The number of aromatic nitrogens is 3. The highest BCUT2D eigenvalue weighted by molar-refractivity contribution is 14.0. The first-order valence-electron chi connectivity index (χ1n) is 9.09. The Morgan fingerprint density at radius 2 is 1.88 bits per heavy atom. The molecule has 0 radical (unpaired) electrons. The molecule has 1 N–H and O–H groups in total. The summed E-state index contributed by atoms with van der Waals surface area (Å²) in [5.41, 5.74) is 0.588. The van der Waals surface area contributed by atoms with Crippen LogP contribution in [0, 0.1) is 5.41 Å². The monoisotopic (exact) mass is 446 g/mol. The molecule has 3 rings (SSSR count). The summed E-state index contributed by atoms with van der Waals surface area (Å²) in [6, 6.07) is 0. The first-order chi connectivity index (χ1) is 11.3. The zero-order valence-electron chi connectivity index (χ0n) is 14.8. The SMILES string of the molecule is CN=C(NCCCCn1cnnc1)N1CCC2(CCCCC2)C1.I. The van der Waals surface area contributed by atoms with Gasteiger partial charge in [0.15, 0.2) is 5.96 Å². The quantitative estimate of drug-likeness (QED) is 0.327. The summed E-state index contributed by atoms with van der Waals surface area (Å²) in [5.74, 6) is 1.09. The average molecular weight is 446 g/mol. The van der Waals surface area contributed by atoms with E-state index in [2.05, 4.69) is 25.4 Å². The maximum absolute atomic E-state index is 4.50. The van der Waals surface area contributed by atoms with Gasteiger partial charge < -0.3 is 14.8 Å².